The Bertz CT molecular complexity index is 1060. The van der Waals surface area contributed by atoms with Crippen molar-refractivity contribution in [3.05, 3.63) is 102 Å². The zero-order chi connectivity index (χ0) is 30.3. The number of rotatable bonds is 13. The summed E-state index contributed by atoms with van der Waals surface area (Å²) in [6.07, 6.45) is 6.18. The van der Waals surface area contributed by atoms with Crippen molar-refractivity contribution in [3.8, 4) is 0 Å². The van der Waals surface area contributed by atoms with Crippen LogP contribution in [0.1, 0.15) is 82.1 Å². The highest BCUT2D eigenvalue weighted by Crippen LogP contribution is 2.27. The fourth-order valence-corrected chi connectivity index (χ4v) is 3.93. The van der Waals surface area contributed by atoms with E-state index < -0.39 is 0 Å². The summed E-state index contributed by atoms with van der Waals surface area (Å²) in [5.74, 6) is -0.172. The Morgan fingerprint density at radius 3 is 1.73 bits per heavy atom. The smallest absolute Gasteiger partial charge is 0.338 e. The lowest BCUT2D eigenvalue weighted by Gasteiger charge is -2.27. The summed E-state index contributed by atoms with van der Waals surface area (Å²) in [6.45, 7) is 9.23. The molecular weight excluding hydrogens is 514 g/mol. The highest BCUT2D eigenvalue weighted by Gasteiger charge is 2.25. The number of hydrogen-bond donors (Lipinski definition) is 2. The van der Waals surface area contributed by atoms with E-state index in [9.17, 15) is 9.59 Å². The molecule has 224 valence electrons. The minimum absolute atomic E-state index is 0.111. The minimum atomic E-state index is -0.288. The number of amides is 1. The van der Waals surface area contributed by atoms with Gasteiger partial charge < -0.3 is 19.8 Å². The van der Waals surface area contributed by atoms with E-state index in [0.717, 1.165) is 56.3 Å². The van der Waals surface area contributed by atoms with Crippen molar-refractivity contribution in [1.29, 1.82) is 0 Å². The predicted molar refractivity (Wildman–Crippen MR) is 168 cm³/mol. The zero-order valence-electron chi connectivity index (χ0n) is 25.3. The van der Waals surface area contributed by atoms with Crippen molar-refractivity contribution >= 4 is 17.6 Å². The average molecular weight is 564 g/mol. The maximum Gasteiger partial charge on any atom is 0.338 e. The lowest BCUT2D eigenvalue weighted by atomic mass is 9.82. The van der Waals surface area contributed by atoms with Crippen LogP contribution in [0.2, 0.25) is 0 Å². The third kappa shape index (κ3) is 14.1. The molecule has 0 atom stereocenters. The Morgan fingerprint density at radius 2 is 1.27 bits per heavy atom. The largest absolute Gasteiger partial charge is 0.457 e. The molecule has 0 unspecified atom stereocenters. The molecule has 0 bridgehead atoms. The number of anilines is 1. The molecule has 6 heteroatoms. The van der Waals surface area contributed by atoms with Crippen LogP contribution >= 0.6 is 0 Å². The summed E-state index contributed by atoms with van der Waals surface area (Å²) in [5, 5.41) is 18.1. The molecule has 1 amide bonds. The van der Waals surface area contributed by atoms with E-state index in [1.54, 1.807) is 19.1 Å². The number of esters is 1. The van der Waals surface area contributed by atoms with E-state index in [-0.39, 0.29) is 30.5 Å². The second-order valence-corrected chi connectivity index (χ2v) is 10.1. The number of benzene rings is 3. The number of carbonyl (C=O) groups is 2. The molecule has 3 rings (SSSR count). The summed E-state index contributed by atoms with van der Waals surface area (Å²) in [4.78, 5) is 24.8. The summed E-state index contributed by atoms with van der Waals surface area (Å²) < 4.78 is 5.18. The molecule has 0 heterocycles. The molecule has 6 nitrogen and oxygen atoms in total. The molecule has 0 saturated heterocycles. The van der Waals surface area contributed by atoms with Crippen LogP contribution < -0.4 is 4.90 Å². The number of aliphatic hydroxyl groups is 2. The molecule has 2 N–H and O–H groups in total. The van der Waals surface area contributed by atoms with Gasteiger partial charge in [-0.3, -0.25) is 4.79 Å². The highest BCUT2D eigenvalue weighted by molar-refractivity contribution is 5.91. The zero-order valence-corrected chi connectivity index (χ0v) is 25.3. The summed E-state index contributed by atoms with van der Waals surface area (Å²) in [7, 11) is 0. The monoisotopic (exact) mass is 563 g/mol. The second-order valence-electron chi connectivity index (χ2n) is 10.1. The van der Waals surface area contributed by atoms with Crippen LogP contribution in [-0.2, 0) is 16.1 Å². The Kier molecular flexibility index (Phi) is 18.5. The van der Waals surface area contributed by atoms with Crippen LogP contribution in [0, 0.1) is 5.41 Å². The second kappa shape index (κ2) is 21.3. The van der Waals surface area contributed by atoms with E-state index >= 15 is 0 Å². The Morgan fingerprint density at radius 1 is 0.756 bits per heavy atom. The van der Waals surface area contributed by atoms with Gasteiger partial charge in [-0.25, -0.2) is 4.79 Å². The molecule has 0 radical (unpaired) electrons. The number of carbonyl (C=O) groups excluding carboxylic acids is 2. The molecule has 0 fully saturated rings. The number of aliphatic hydroxyl groups excluding tert-OH is 2. The third-order valence-electron chi connectivity index (χ3n) is 6.89. The molecule has 3 aromatic carbocycles. The maximum atomic E-state index is 11.6. The van der Waals surface area contributed by atoms with Gasteiger partial charge >= 0.3 is 5.97 Å². The molecule has 0 saturated carbocycles. The Balaban J connectivity index is 0.000000314. The summed E-state index contributed by atoms with van der Waals surface area (Å²) in [6, 6.07) is 28.4. The lowest BCUT2D eigenvalue weighted by molar-refractivity contribution is -0.116. The highest BCUT2D eigenvalue weighted by atomic mass is 16.5. The van der Waals surface area contributed by atoms with Crippen LogP contribution in [0.4, 0.5) is 5.69 Å². The van der Waals surface area contributed by atoms with Crippen LogP contribution in [0.15, 0.2) is 91.0 Å². The molecular formula is C35H49NO5. The van der Waals surface area contributed by atoms with Gasteiger partial charge in [0.15, 0.2) is 0 Å². The molecule has 0 aromatic heterocycles. The lowest BCUT2D eigenvalue weighted by Crippen LogP contribution is -2.29. The van der Waals surface area contributed by atoms with Crippen LogP contribution in [0.5, 0.6) is 0 Å². The first-order valence-corrected chi connectivity index (χ1v) is 14.7. The van der Waals surface area contributed by atoms with E-state index in [2.05, 4.69) is 13.8 Å². The van der Waals surface area contributed by atoms with Gasteiger partial charge in [0.05, 0.1) is 18.8 Å². The quantitative estimate of drug-likeness (QED) is 0.211. The number of hydrogen-bond acceptors (Lipinski definition) is 5. The van der Waals surface area contributed by atoms with Crippen molar-refractivity contribution in [1.82, 2.24) is 0 Å². The van der Waals surface area contributed by atoms with Gasteiger partial charge in [0.1, 0.15) is 6.61 Å². The number of unbranched alkanes of at least 4 members (excludes halogenated alkanes) is 2. The number of nitrogens with zero attached hydrogens (tertiary/aromatic N) is 1. The Labute approximate surface area is 247 Å². The third-order valence-corrected chi connectivity index (χ3v) is 6.89. The summed E-state index contributed by atoms with van der Waals surface area (Å²) >= 11 is 0. The van der Waals surface area contributed by atoms with Gasteiger partial charge in [0, 0.05) is 24.6 Å². The maximum absolute atomic E-state index is 11.6. The molecule has 3 aromatic rings. The molecule has 41 heavy (non-hydrogen) atoms. The van der Waals surface area contributed by atoms with E-state index in [1.165, 1.54) is 0 Å². The van der Waals surface area contributed by atoms with Crippen molar-refractivity contribution in [2.45, 2.75) is 72.8 Å². The van der Waals surface area contributed by atoms with Crippen LogP contribution in [0.25, 0.3) is 0 Å². The minimum Gasteiger partial charge on any atom is -0.457 e. The van der Waals surface area contributed by atoms with Gasteiger partial charge in [0.2, 0.25) is 5.91 Å². The van der Waals surface area contributed by atoms with Gasteiger partial charge in [0.25, 0.3) is 0 Å². The topological polar surface area (TPSA) is 87.1 Å². The number of ether oxygens (including phenoxy) is 1. The molecule has 0 spiro atoms. The first kappa shape index (κ1) is 35.5. The van der Waals surface area contributed by atoms with E-state index in [4.69, 9.17) is 14.9 Å². The first-order valence-electron chi connectivity index (χ1n) is 14.7. The van der Waals surface area contributed by atoms with Crippen molar-refractivity contribution in [2.75, 3.05) is 24.7 Å². The van der Waals surface area contributed by atoms with Gasteiger partial charge in [-0.1, -0.05) is 107 Å². The summed E-state index contributed by atoms with van der Waals surface area (Å²) in [5.41, 5.74) is 2.36. The average Bonchev–Trinajstić information content (AvgIpc) is 3.03. The van der Waals surface area contributed by atoms with E-state index in [1.807, 2.05) is 90.7 Å². The molecule has 0 aliphatic rings. The van der Waals surface area contributed by atoms with Gasteiger partial charge in [-0.15, -0.1) is 0 Å². The van der Waals surface area contributed by atoms with Crippen LogP contribution in [-0.4, -0.2) is 41.8 Å². The Hall–Kier alpha value is -3.48. The normalized spacial score (nSPS) is 10.4. The molecule has 0 aliphatic carbocycles. The SMILES string of the molecule is CCCCC(CC)(CO)CO.CCCCN(C(C)=O)c1ccccc1.O=C(OCc1ccccc1)c1ccccc1. The van der Waals surface area contributed by atoms with Gasteiger partial charge in [-0.05, 0) is 49.1 Å². The standard InChI is InChI=1S/C14H12O2.C12H17NO.C9H20O2/c15-14(13-9-5-2-6-10-13)16-11-12-7-3-1-4-8-12;1-3-4-10-13(11(2)14)12-8-6-5-7-9-12;1-3-5-6-9(4-2,7-10)8-11/h1-10H,11H2;5-9H,3-4,10H2,1-2H3;10-11H,3-8H2,1-2H3. The van der Waals surface area contributed by atoms with Crippen LogP contribution in [0.3, 0.4) is 0 Å². The van der Waals surface area contributed by atoms with Crippen molar-refractivity contribution in [3.63, 3.8) is 0 Å². The first-order chi connectivity index (χ1) is 19.9. The predicted octanol–water partition coefficient (Wildman–Crippen LogP) is 7.44. The van der Waals surface area contributed by atoms with Gasteiger partial charge in [-0.2, -0.15) is 0 Å². The fourth-order valence-electron chi connectivity index (χ4n) is 3.93. The van der Waals surface area contributed by atoms with E-state index in [0.29, 0.717) is 12.2 Å². The fraction of sp³-hybridized carbons (Fsp3) is 0.429. The molecule has 0 aliphatic heterocycles. The van der Waals surface area contributed by atoms with Crippen molar-refractivity contribution in [2.24, 2.45) is 5.41 Å². The van der Waals surface area contributed by atoms with Crippen molar-refractivity contribution < 1.29 is 24.5 Å². The number of para-hydroxylation sites is 1.